The Bertz CT molecular complexity index is 468. The molecule has 2 N–H and O–H groups in total. The molecule has 0 amide bonds. The van der Waals surface area contributed by atoms with E-state index in [4.69, 9.17) is 5.11 Å². The molecule has 5 heteroatoms. The molecule has 0 aromatic heterocycles. The number of allylic oxidation sites excluding steroid dienone is 2. The van der Waals surface area contributed by atoms with Crippen LogP contribution in [0.5, 0.6) is 0 Å². The molecule has 2 aliphatic rings. The highest BCUT2D eigenvalue weighted by Gasteiger charge is 2.31. The number of carbonyl (C=O) groups is 1. The van der Waals surface area contributed by atoms with Crippen molar-refractivity contribution in [2.75, 3.05) is 26.4 Å². The molecule has 0 bridgehead atoms. The van der Waals surface area contributed by atoms with Gasteiger partial charge in [-0.3, -0.25) is 4.79 Å². The van der Waals surface area contributed by atoms with E-state index in [1.54, 1.807) is 11.8 Å². The van der Waals surface area contributed by atoms with E-state index in [1.165, 1.54) is 16.2 Å². The molecular formula is C15H22N2O2S. The molecule has 2 rings (SSSR count). The maximum Gasteiger partial charge on any atom is 0.304 e. The zero-order valence-corrected chi connectivity index (χ0v) is 12.9. The average molecular weight is 294 g/mol. The van der Waals surface area contributed by atoms with Crippen molar-refractivity contribution in [2.24, 2.45) is 5.92 Å². The summed E-state index contributed by atoms with van der Waals surface area (Å²) in [4.78, 5) is 14.6. The minimum absolute atomic E-state index is 0.176. The summed E-state index contributed by atoms with van der Waals surface area (Å²) in [6.45, 7) is 1.96. The van der Waals surface area contributed by atoms with Crippen LogP contribution < -0.4 is 5.32 Å². The minimum Gasteiger partial charge on any atom is -0.481 e. The molecule has 1 saturated heterocycles. The standard InChI is InChI=1S/C15H22N2O2S/c1-16-6-5-14(20-2)12-8-13-11(9-15(18)19)4-3-7-17(13)10-12/h5-6,8,11,16H,3-4,7,9-10H2,1-2H3,(H,18,19)/b6-5-,14-12+. The van der Waals surface area contributed by atoms with Crippen LogP contribution in [0.4, 0.5) is 0 Å². The fourth-order valence-corrected chi connectivity index (χ4v) is 3.49. The van der Waals surface area contributed by atoms with E-state index < -0.39 is 5.97 Å². The van der Waals surface area contributed by atoms with E-state index in [0.717, 1.165) is 25.9 Å². The van der Waals surface area contributed by atoms with Gasteiger partial charge < -0.3 is 15.3 Å². The minimum atomic E-state index is -0.699. The molecule has 20 heavy (non-hydrogen) atoms. The van der Waals surface area contributed by atoms with Gasteiger partial charge in [-0.05, 0) is 43.0 Å². The predicted octanol–water partition coefficient (Wildman–Crippen LogP) is 2.42. The summed E-state index contributed by atoms with van der Waals surface area (Å²) in [5.74, 6) is -0.523. The number of rotatable bonds is 5. The van der Waals surface area contributed by atoms with Crippen molar-refractivity contribution in [1.29, 1.82) is 0 Å². The van der Waals surface area contributed by atoms with Crippen LogP contribution in [-0.2, 0) is 4.79 Å². The first-order valence-corrected chi connectivity index (χ1v) is 8.17. The van der Waals surface area contributed by atoms with E-state index in [1.807, 2.05) is 13.2 Å². The van der Waals surface area contributed by atoms with E-state index >= 15 is 0 Å². The quantitative estimate of drug-likeness (QED) is 0.815. The second kappa shape index (κ2) is 6.88. The maximum atomic E-state index is 11.0. The Balaban J connectivity index is 2.24. The van der Waals surface area contributed by atoms with Gasteiger partial charge in [-0.15, -0.1) is 11.8 Å². The van der Waals surface area contributed by atoms with Gasteiger partial charge in [0.25, 0.3) is 0 Å². The normalized spacial score (nSPS) is 24.6. The molecule has 1 atom stereocenters. The lowest BCUT2D eigenvalue weighted by Crippen LogP contribution is -2.31. The van der Waals surface area contributed by atoms with Crippen LogP contribution >= 0.6 is 11.8 Å². The SMILES string of the molecule is CN/C=C\C(SC)=C1\C=C2C(CC(=O)O)CCCN2C1. The van der Waals surface area contributed by atoms with Gasteiger partial charge in [-0.1, -0.05) is 0 Å². The van der Waals surface area contributed by atoms with Crippen molar-refractivity contribution in [3.8, 4) is 0 Å². The number of thioether (sulfide) groups is 1. The number of piperidine rings is 1. The van der Waals surface area contributed by atoms with Crippen molar-refractivity contribution >= 4 is 17.7 Å². The number of fused-ring (bicyclic) bond motifs is 1. The number of hydrogen-bond donors (Lipinski definition) is 2. The van der Waals surface area contributed by atoms with Gasteiger partial charge in [0.2, 0.25) is 0 Å². The number of aliphatic carboxylic acids is 1. The number of hydrogen-bond acceptors (Lipinski definition) is 4. The van der Waals surface area contributed by atoms with Crippen LogP contribution in [0.25, 0.3) is 0 Å². The maximum absolute atomic E-state index is 11.0. The number of nitrogens with zero attached hydrogens (tertiary/aromatic N) is 1. The van der Waals surface area contributed by atoms with Crippen molar-refractivity contribution in [1.82, 2.24) is 10.2 Å². The summed E-state index contributed by atoms with van der Waals surface area (Å²) in [6.07, 6.45) is 10.6. The Morgan fingerprint density at radius 3 is 3.10 bits per heavy atom. The van der Waals surface area contributed by atoms with E-state index in [0.29, 0.717) is 0 Å². The molecular weight excluding hydrogens is 272 g/mol. The number of carboxylic acid groups (broad SMARTS) is 1. The Labute approximate surface area is 124 Å². The van der Waals surface area contributed by atoms with Crippen molar-refractivity contribution in [3.63, 3.8) is 0 Å². The molecule has 0 radical (unpaired) electrons. The fourth-order valence-electron chi connectivity index (χ4n) is 2.90. The second-order valence-corrected chi connectivity index (χ2v) is 5.99. The molecule has 0 aromatic carbocycles. The van der Waals surface area contributed by atoms with Crippen molar-refractivity contribution in [3.05, 3.63) is 34.5 Å². The summed E-state index contributed by atoms with van der Waals surface area (Å²) < 4.78 is 0. The summed E-state index contributed by atoms with van der Waals surface area (Å²) >= 11 is 1.73. The summed E-state index contributed by atoms with van der Waals surface area (Å²) in [6, 6.07) is 0. The number of nitrogens with one attached hydrogen (secondary N) is 1. The van der Waals surface area contributed by atoms with Gasteiger partial charge in [-0.25, -0.2) is 0 Å². The third kappa shape index (κ3) is 3.39. The Morgan fingerprint density at radius 1 is 1.65 bits per heavy atom. The smallest absolute Gasteiger partial charge is 0.304 e. The molecule has 0 spiro atoms. The van der Waals surface area contributed by atoms with Gasteiger partial charge in [-0.2, -0.15) is 0 Å². The van der Waals surface area contributed by atoms with E-state index in [-0.39, 0.29) is 12.3 Å². The molecule has 2 heterocycles. The second-order valence-electron chi connectivity index (χ2n) is 5.14. The van der Waals surface area contributed by atoms with E-state index in [2.05, 4.69) is 28.6 Å². The van der Waals surface area contributed by atoms with Gasteiger partial charge in [0.15, 0.2) is 0 Å². The molecule has 1 unspecified atom stereocenters. The lowest BCUT2D eigenvalue weighted by atomic mass is 9.92. The Morgan fingerprint density at radius 2 is 2.45 bits per heavy atom. The summed E-state index contributed by atoms with van der Waals surface area (Å²) in [7, 11) is 1.89. The summed E-state index contributed by atoms with van der Waals surface area (Å²) in [5, 5.41) is 12.1. The molecule has 0 aliphatic carbocycles. The van der Waals surface area contributed by atoms with Crippen LogP contribution in [0.2, 0.25) is 0 Å². The highest BCUT2D eigenvalue weighted by molar-refractivity contribution is 8.02. The van der Waals surface area contributed by atoms with Crippen LogP contribution in [-0.4, -0.2) is 42.4 Å². The van der Waals surface area contributed by atoms with Gasteiger partial charge in [0, 0.05) is 36.7 Å². The highest BCUT2D eigenvalue weighted by Crippen LogP contribution is 2.37. The molecule has 4 nitrogen and oxygen atoms in total. The highest BCUT2D eigenvalue weighted by atomic mass is 32.2. The first-order valence-electron chi connectivity index (χ1n) is 6.95. The van der Waals surface area contributed by atoms with Gasteiger partial charge in [0.1, 0.15) is 0 Å². The summed E-state index contributed by atoms with van der Waals surface area (Å²) in [5.41, 5.74) is 2.52. The lowest BCUT2D eigenvalue weighted by Gasteiger charge is -2.32. The molecule has 0 saturated carbocycles. The van der Waals surface area contributed by atoms with E-state index in [9.17, 15) is 4.79 Å². The molecule has 110 valence electrons. The lowest BCUT2D eigenvalue weighted by molar-refractivity contribution is -0.138. The first kappa shape index (κ1) is 15.0. The Kier molecular flexibility index (Phi) is 5.17. The zero-order valence-electron chi connectivity index (χ0n) is 12.1. The fraction of sp³-hybridized carbons (Fsp3) is 0.533. The van der Waals surface area contributed by atoms with Crippen LogP contribution in [0.1, 0.15) is 19.3 Å². The van der Waals surface area contributed by atoms with Crippen molar-refractivity contribution < 1.29 is 9.90 Å². The molecule has 0 aromatic rings. The predicted molar refractivity (Wildman–Crippen MR) is 83.4 cm³/mol. The van der Waals surface area contributed by atoms with Crippen molar-refractivity contribution in [2.45, 2.75) is 19.3 Å². The monoisotopic (exact) mass is 294 g/mol. The molecule has 1 fully saturated rings. The van der Waals surface area contributed by atoms with Crippen LogP contribution in [0.15, 0.2) is 34.5 Å². The van der Waals surface area contributed by atoms with Gasteiger partial charge >= 0.3 is 5.97 Å². The first-order chi connectivity index (χ1) is 9.65. The topological polar surface area (TPSA) is 52.6 Å². The number of carboxylic acids is 1. The third-order valence-corrected chi connectivity index (χ3v) is 4.64. The largest absolute Gasteiger partial charge is 0.481 e. The third-order valence-electron chi connectivity index (χ3n) is 3.81. The zero-order chi connectivity index (χ0) is 14.5. The van der Waals surface area contributed by atoms with Crippen LogP contribution in [0, 0.1) is 5.92 Å². The van der Waals surface area contributed by atoms with Crippen LogP contribution in [0.3, 0.4) is 0 Å². The Hall–Kier alpha value is -1.36. The average Bonchev–Trinajstić information content (AvgIpc) is 2.84. The molecule has 2 aliphatic heterocycles. The van der Waals surface area contributed by atoms with Gasteiger partial charge in [0.05, 0.1) is 6.42 Å².